The fourth-order valence-corrected chi connectivity index (χ4v) is 4.29. The maximum absolute atomic E-state index is 6.22. The molecule has 5 nitrogen and oxygen atoms in total. The zero-order chi connectivity index (χ0) is 19.7. The van der Waals surface area contributed by atoms with Crippen LogP contribution >= 0.6 is 22.9 Å². The summed E-state index contributed by atoms with van der Waals surface area (Å²) in [5, 5.41) is 3.25. The molecule has 0 radical (unpaired) electrons. The van der Waals surface area contributed by atoms with Gasteiger partial charge in [0, 0.05) is 23.7 Å². The highest BCUT2D eigenvalue weighted by molar-refractivity contribution is 7.17. The Kier molecular flexibility index (Phi) is 5.07. The van der Waals surface area contributed by atoms with Gasteiger partial charge in [0.15, 0.2) is 11.5 Å². The number of ether oxygens (including phenoxy) is 2. The van der Waals surface area contributed by atoms with Crippen LogP contribution in [0.1, 0.15) is 0 Å². The van der Waals surface area contributed by atoms with Crippen molar-refractivity contribution >= 4 is 44.7 Å². The van der Waals surface area contributed by atoms with Crippen molar-refractivity contribution in [1.29, 1.82) is 0 Å². The van der Waals surface area contributed by atoms with Gasteiger partial charge in [-0.15, -0.1) is 11.3 Å². The first-order valence-corrected chi connectivity index (χ1v) is 9.84. The summed E-state index contributed by atoms with van der Waals surface area (Å²) in [5.74, 6) is 2.12. The number of hydrogen-bond donors (Lipinski definition) is 0. The van der Waals surface area contributed by atoms with Gasteiger partial charge in [-0.25, -0.2) is 4.98 Å². The van der Waals surface area contributed by atoms with Gasteiger partial charge in [0.05, 0.1) is 19.6 Å². The Hall–Kier alpha value is -2.83. The molecular formula is C21H18ClN3O2S. The summed E-state index contributed by atoms with van der Waals surface area (Å²) in [4.78, 5) is 11.8. The van der Waals surface area contributed by atoms with Gasteiger partial charge in [-0.05, 0) is 41.4 Å². The number of rotatable bonds is 5. The highest BCUT2D eigenvalue weighted by Crippen LogP contribution is 2.42. The van der Waals surface area contributed by atoms with Crippen LogP contribution in [0.4, 0.5) is 11.5 Å². The first-order valence-electron chi connectivity index (χ1n) is 8.58. The van der Waals surface area contributed by atoms with Gasteiger partial charge in [-0.1, -0.05) is 24.3 Å². The predicted octanol–water partition coefficient (Wildman–Crippen LogP) is 5.80. The molecule has 0 saturated heterocycles. The Labute approximate surface area is 172 Å². The zero-order valence-corrected chi connectivity index (χ0v) is 17.2. The van der Waals surface area contributed by atoms with Crippen LogP contribution in [0.2, 0.25) is 5.28 Å². The molecule has 0 aliphatic rings. The summed E-state index contributed by atoms with van der Waals surface area (Å²) in [6.45, 7) is 0. The maximum atomic E-state index is 6.22. The average Bonchev–Trinajstić information content (AvgIpc) is 3.16. The summed E-state index contributed by atoms with van der Waals surface area (Å²) in [6, 6.07) is 15.9. The Balaban J connectivity index is 1.92. The van der Waals surface area contributed by atoms with Crippen molar-refractivity contribution in [2.24, 2.45) is 0 Å². The van der Waals surface area contributed by atoms with E-state index in [1.807, 2.05) is 60.5 Å². The molecule has 0 bridgehead atoms. The highest BCUT2D eigenvalue weighted by atomic mass is 35.5. The van der Waals surface area contributed by atoms with Crippen LogP contribution in [-0.4, -0.2) is 31.2 Å². The van der Waals surface area contributed by atoms with E-state index in [0.717, 1.165) is 32.8 Å². The van der Waals surface area contributed by atoms with E-state index in [1.54, 1.807) is 14.2 Å². The average molecular weight is 412 g/mol. The Bertz CT molecular complexity index is 1130. The molecule has 28 heavy (non-hydrogen) atoms. The van der Waals surface area contributed by atoms with Crippen LogP contribution in [0.5, 0.6) is 11.5 Å². The van der Waals surface area contributed by atoms with Gasteiger partial charge >= 0.3 is 0 Å². The highest BCUT2D eigenvalue weighted by Gasteiger charge is 2.19. The molecule has 7 heteroatoms. The molecule has 142 valence electrons. The number of aromatic nitrogens is 2. The van der Waals surface area contributed by atoms with Crippen LogP contribution in [0.25, 0.3) is 21.3 Å². The number of hydrogen-bond acceptors (Lipinski definition) is 6. The lowest BCUT2D eigenvalue weighted by molar-refractivity contribution is 0.355. The Morgan fingerprint density at radius 3 is 2.43 bits per heavy atom. The number of thiophene rings is 1. The van der Waals surface area contributed by atoms with Crippen molar-refractivity contribution in [1.82, 2.24) is 9.97 Å². The second-order valence-electron chi connectivity index (χ2n) is 6.11. The van der Waals surface area contributed by atoms with Gasteiger partial charge in [0.25, 0.3) is 0 Å². The van der Waals surface area contributed by atoms with E-state index < -0.39 is 0 Å². The van der Waals surface area contributed by atoms with Crippen molar-refractivity contribution in [3.63, 3.8) is 0 Å². The molecule has 0 saturated carbocycles. The lowest BCUT2D eigenvalue weighted by atomic mass is 10.0. The van der Waals surface area contributed by atoms with E-state index in [9.17, 15) is 0 Å². The molecule has 4 aromatic rings. The summed E-state index contributed by atoms with van der Waals surface area (Å²) >= 11 is 7.76. The number of nitrogens with zero attached hydrogens (tertiary/aromatic N) is 3. The topological polar surface area (TPSA) is 47.5 Å². The molecule has 2 aromatic carbocycles. The van der Waals surface area contributed by atoms with Crippen molar-refractivity contribution in [2.75, 3.05) is 26.2 Å². The minimum atomic E-state index is 0.228. The number of para-hydroxylation sites is 1. The maximum Gasteiger partial charge on any atom is 0.225 e. The summed E-state index contributed by atoms with van der Waals surface area (Å²) < 4.78 is 10.8. The molecule has 2 heterocycles. The first-order chi connectivity index (χ1) is 13.6. The molecule has 0 unspecified atom stereocenters. The molecule has 0 spiro atoms. The molecule has 0 aliphatic carbocycles. The smallest absolute Gasteiger partial charge is 0.225 e. The third-order valence-electron chi connectivity index (χ3n) is 4.54. The van der Waals surface area contributed by atoms with Gasteiger partial charge in [0.1, 0.15) is 10.6 Å². The van der Waals surface area contributed by atoms with Crippen molar-refractivity contribution in [2.45, 2.75) is 0 Å². The lowest BCUT2D eigenvalue weighted by Crippen LogP contribution is -2.12. The van der Waals surface area contributed by atoms with Crippen LogP contribution < -0.4 is 14.4 Å². The largest absolute Gasteiger partial charge is 0.493 e. The van der Waals surface area contributed by atoms with Crippen LogP contribution in [0.3, 0.4) is 0 Å². The van der Waals surface area contributed by atoms with E-state index in [1.165, 1.54) is 11.3 Å². The lowest BCUT2D eigenvalue weighted by Gasteiger charge is -2.20. The van der Waals surface area contributed by atoms with Crippen LogP contribution in [0.15, 0.2) is 53.9 Å². The zero-order valence-electron chi connectivity index (χ0n) is 15.6. The standard InChI is InChI=1S/C21H18ClN3O2S/c1-25(14-7-5-4-6-8-14)19-18-15(12-28-20(18)24-21(22)23-19)13-9-10-16(26-2)17(11-13)27-3/h4-12H,1-3H3. The second-order valence-corrected chi connectivity index (χ2v) is 7.31. The van der Waals surface area contributed by atoms with E-state index in [2.05, 4.69) is 15.3 Å². The van der Waals surface area contributed by atoms with Gasteiger partial charge < -0.3 is 14.4 Å². The number of methoxy groups -OCH3 is 2. The van der Waals surface area contributed by atoms with Crippen molar-refractivity contribution in [3.8, 4) is 22.6 Å². The van der Waals surface area contributed by atoms with E-state index in [4.69, 9.17) is 21.1 Å². The van der Waals surface area contributed by atoms with Gasteiger partial charge in [-0.3, -0.25) is 0 Å². The quantitative estimate of drug-likeness (QED) is 0.388. The summed E-state index contributed by atoms with van der Waals surface area (Å²) in [7, 11) is 5.23. The van der Waals surface area contributed by atoms with Crippen LogP contribution in [-0.2, 0) is 0 Å². The van der Waals surface area contributed by atoms with Gasteiger partial charge in [0.2, 0.25) is 5.28 Å². The van der Waals surface area contributed by atoms with E-state index in [-0.39, 0.29) is 5.28 Å². The first kappa shape index (κ1) is 18.5. The van der Waals surface area contributed by atoms with Crippen molar-refractivity contribution < 1.29 is 9.47 Å². The third kappa shape index (κ3) is 3.25. The second kappa shape index (κ2) is 7.66. The third-order valence-corrected chi connectivity index (χ3v) is 5.58. The molecule has 0 amide bonds. The summed E-state index contributed by atoms with van der Waals surface area (Å²) in [6.07, 6.45) is 0. The molecule has 0 N–H and O–H groups in total. The molecule has 0 atom stereocenters. The molecule has 0 fully saturated rings. The fourth-order valence-electron chi connectivity index (χ4n) is 3.13. The minimum Gasteiger partial charge on any atom is -0.493 e. The Morgan fingerprint density at radius 1 is 0.964 bits per heavy atom. The molecule has 2 aromatic heterocycles. The Morgan fingerprint density at radius 2 is 1.71 bits per heavy atom. The number of benzene rings is 2. The summed E-state index contributed by atoms with van der Waals surface area (Å²) in [5.41, 5.74) is 3.04. The predicted molar refractivity (Wildman–Crippen MR) is 115 cm³/mol. The van der Waals surface area contributed by atoms with Crippen molar-refractivity contribution in [3.05, 3.63) is 59.2 Å². The normalized spacial score (nSPS) is 10.9. The molecule has 0 aliphatic heterocycles. The van der Waals surface area contributed by atoms with Gasteiger partial charge in [-0.2, -0.15) is 4.98 Å². The fraction of sp³-hybridized carbons (Fsp3) is 0.143. The van der Waals surface area contributed by atoms with E-state index >= 15 is 0 Å². The van der Waals surface area contributed by atoms with E-state index in [0.29, 0.717) is 11.5 Å². The molecule has 4 rings (SSSR count). The van der Waals surface area contributed by atoms with Crippen LogP contribution in [0, 0.1) is 0 Å². The number of fused-ring (bicyclic) bond motifs is 1. The monoisotopic (exact) mass is 411 g/mol. The molecular weight excluding hydrogens is 394 g/mol. The minimum absolute atomic E-state index is 0.228. The number of halogens is 1. The number of anilines is 2. The SMILES string of the molecule is COc1ccc(-c2csc3nc(Cl)nc(N(C)c4ccccc4)c23)cc1OC.